The zero-order chi connectivity index (χ0) is 15.1. The van der Waals surface area contributed by atoms with Crippen LogP contribution in [-0.4, -0.2) is 30.2 Å². The summed E-state index contributed by atoms with van der Waals surface area (Å²) in [4.78, 5) is 8.86. The monoisotopic (exact) mass is 307 g/mol. The number of nitrogens with one attached hydrogen (secondary N) is 1. The molecule has 21 heavy (non-hydrogen) atoms. The summed E-state index contributed by atoms with van der Waals surface area (Å²) in [5, 5.41) is 3.73. The average molecular weight is 307 g/mol. The first kappa shape index (κ1) is 15.9. The molecule has 1 N–H and O–H groups in total. The van der Waals surface area contributed by atoms with Crippen molar-refractivity contribution in [2.45, 2.75) is 23.5 Å². The largest absolute Gasteiger partial charge is 0.383 e. The van der Waals surface area contributed by atoms with Crippen molar-refractivity contribution in [3.05, 3.63) is 47.5 Å². The molecule has 2 rings (SSSR count). The summed E-state index contributed by atoms with van der Waals surface area (Å²) in [7, 11) is 1.65. The van der Waals surface area contributed by atoms with E-state index in [9.17, 15) is 4.39 Å². The number of nitrogens with zero attached hydrogens (tertiary/aromatic N) is 2. The van der Waals surface area contributed by atoms with Gasteiger partial charge in [0.25, 0.3) is 0 Å². The van der Waals surface area contributed by atoms with Crippen molar-refractivity contribution in [3.63, 3.8) is 0 Å². The molecule has 1 aromatic heterocycles. The van der Waals surface area contributed by atoms with Gasteiger partial charge in [-0.25, -0.2) is 14.4 Å². The van der Waals surface area contributed by atoms with Gasteiger partial charge >= 0.3 is 0 Å². The molecule has 112 valence electrons. The fraction of sp³-hybridized carbons (Fsp3) is 0.333. The van der Waals surface area contributed by atoms with Gasteiger partial charge in [-0.15, -0.1) is 0 Å². The maximum absolute atomic E-state index is 14.1. The van der Waals surface area contributed by atoms with Crippen molar-refractivity contribution in [3.8, 4) is 0 Å². The number of benzene rings is 1. The van der Waals surface area contributed by atoms with Crippen molar-refractivity contribution in [2.75, 3.05) is 20.3 Å². The van der Waals surface area contributed by atoms with Crippen LogP contribution in [0.2, 0.25) is 0 Å². The predicted molar refractivity (Wildman–Crippen MR) is 80.9 cm³/mol. The number of hydrogen-bond acceptors (Lipinski definition) is 5. The molecule has 2 aromatic rings. The number of ether oxygens (including phenoxy) is 1. The lowest BCUT2D eigenvalue weighted by Crippen LogP contribution is -2.18. The fourth-order valence-corrected chi connectivity index (χ4v) is 2.38. The summed E-state index contributed by atoms with van der Waals surface area (Å²) in [6, 6.07) is 5.20. The standard InChI is InChI=1S/C15H18FN3OS/c1-11-8-18-15(19-9-11)21-14-4-3-12(7-13(14)16)10-17-5-6-20-2/h3-4,7-9,17H,5-6,10H2,1-2H3. The minimum Gasteiger partial charge on any atom is -0.383 e. The smallest absolute Gasteiger partial charge is 0.192 e. The minimum atomic E-state index is -0.254. The molecule has 0 aliphatic rings. The van der Waals surface area contributed by atoms with Gasteiger partial charge in [-0.2, -0.15) is 0 Å². The Morgan fingerprint density at radius 3 is 2.71 bits per heavy atom. The van der Waals surface area contributed by atoms with E-state index < -0.39 is 0 Å². The number of halogens is 1. The first-order chi connectivity index (χ1) is 10.2. The van der Waals surface area contributed by atoms with E-state index in [-0.39, 0.29) is 5.82 Å². The molecule has 6 heteroatoms. The van der Waals surface area contributed by atoms with Gasteiger partial charge < -0.3 is 10.1 Å². The lowest BCUT2D eigenvalue weighted by atomic mass is 10.2. The SMILES string of the molecule is COCCNCc1ccc(Sc2ncc(C)cn2)c(F)c1. The second-order valence-electron chi connectivity index (χ2n) is 4.58. The van der Waals surface area contributed by atoms with Gasteiger partial charge in [-0.1, -0.05) is 6.07 Å². The van der Waals surface area contributed by atoms with Gasteiger partial charge in [0.05, 0.1) is 11.5 Å². The van der Waals surface area contributed by atoms with Crippen LogP contribution in [0.4, 0.5) is 4.39 Å². The third-order valence-electron chi connectivity index (χ3n) is 2.77. The summed E-state index contributed by atoms with van der Waals surface area (Å²) in [6.07, 6.45) is 3.45. The van der Waals surface area contributed by atoms with Crippen molar-refractivity contribution in [2.24, 2.45) is 0 Å². The molecule has 0 aliphatic heterocycles. The Hall–Kier alpha value is -1.50. The van der Waals surface area contributed by atoms with E-state index in [1.807, 2.05) is 13.0 Å². The van der Waals surface area contributed by atoms with Gasteiger partial charge in [-0.3, -0.25) is 0 Å². The second kappa shape index (κ2) is 8.07. The van der Waals surface area contributed by atoms with Crippen molar-refractivity contribution in [1.29, 1.82) is 0 Å². The van der Waals surface area contributed by atoms with Crippen LogP contribution in [0, 0.1) is 12.7 Å². The zero-order valence-electron chi connectivity index (χ0n) is 12.1. The molecule has 1 heterocycles. The summed E-state index contributed by atoms with van der Waals surface area (Å²) in [6.45, 7) is 3.92. The van der Waals surface area contributed by atoms with Crippen LogP contribution in [0.1, 0.15) is 11.1 Å². The Morgan fingerprint density at radius 1 is 1.29 bits per heavy atom. The molecule has 0 saturated carbocycles. The molecule has 0 bridgehead atoms. The minimum absolute atomic E-state index is 0.254. The number of hydrogen-bond donors (Lipinski definition) is 1. The van der Waals surface area contributed by atoms with Crippen molar-refractivity contribution >= 4 is 11.8 Å². The van der Waals surface area contributed by atoms with E-state index in [1.54, 1.807) is 25.6 Å². The summed E-state index contributed by atoms with van der Waals surface area (Å²) in [5.41, 5.74) is 1.88. The first-order valence-electron chi connectivity index (χ1n) is 6.63. The topological polar surface area (TPSA) is 47.0 Å². The summed E-state index contributed by atoms with van der Waals surface area (Å²) < 4.78 is 19.0. The van der Waals surface area contributed by atoms with E-state index >= 15 is 0 Å². The van der Waals surface area contributed by atoms with Gasteiger partial charge in [0.2, 0.25) is 0 Å². The molecule has 0 fully saturated rings. The van der Waals surface area contributed by atoms with Crippen LogP contribution in [0.25, 0.3) is 0 Å². The van der Waals surface area contributed by atoms with Crippen molar-refractivity contribution in [1.82, 2.24) is 15.3 Å². The van der Waals surface area contributed by atoms with Gasteiger partial charge in [-0.05, 0) is 41.9 Å². The lowest BCUT2D eigenvalue weighted by Gasteiger charge is -2.07. The number of aryl methyl sites for hydroxylation is 1. The van der Waals surface area contributed by atoms with Crippen molar-refractivity contribution < 1.29 is 9.13 Å². The van der Waals surface area contributed by atoms with Crippen LogP contribution in [-0.2, 0) is 11.3 Å². The molecule has 1 aromatic carbocycles. The van der Waals surface area contributed by atoms with E-state index in [2.05, 4.69) is 15.3 Å². The maximum Gasteiger partial charge on any atom is 0.192 e. The normalized spacial score (nSPS) is 10.8. The molecule has 0 spiro atoms. The fourth-order valence-electron chi connectivity index (χ4n) is 1.68. The molecule has 0 saturated heterocycles. The highest BCUT2D eigenvalue weighted by Gasteiger charge is 2.07. The Labute approximate surface area is 128 Å². The van der Waals surface area contributed by atoms with Crippen LogP contribution < -0.4 is 5.32 Å². The van der Waals surface area contributed by atoms with Gasteiger partial charge in [0, 0.05) is 32.6 Å². The molecular formula is C15H18FN3OS. The molecule has 0 aliphatic carbocycles. The highest BCUT2D eigenvalue weighted by molar-refractivity contribution is 7.99. The molecule has 0 atom stereocenters. The Bertz CT molecular complexity index is 578. The first-order valence-corrected chi connectivity index (χ1v) is 7.45. The Balaban J connectivity index is 1.97. The molecule has 4 nitrogen and oxygen atoms in total. The van der Waals surface area contributed by atoms with E-state index in [1.165, 1.54) is 17.8 Å². The quantitative estimate of drug-likeness (QED) is 0.629. The lowest BCUT2D eigenvalue weighted by molar-refractivity contribution is 0.199. The van der Waals surface area contributed by atoms with Crippen LogP contribution >= 0.6 is 11.8 Å². The van der Waals surface area contributed by atoms with E-state index in [0.29, 0.717) is 23.2 Å². The third-order valence-corrected chi connectivity index (χ3v) is 3.71. The molecule has 0 unspecified atom stereocenters. The Kier molecular flexibility index (Phi) is 6.10. The summed E-state index contributed by atoms with van der Waals surface area (Å²) in [5.74, 6) is -0.254. The van der Waals surface area contributed by atoms with E-state index in [0.717, 1.165) is 17.7 Å². The highest BCUT2D eigenvalue weighted by atomic mass is 32.2. The number of aromatic nitrogens is 2. The van der Waals surface area contributed by atoms with Crippen LogP contribution in [0.5, 0.6) is 0 Å². The zero-order valence-corrected chi connectivity index (χ0v) is 12.9. The maximum atomic E-state index is 14.1. The second-order valence-corrected chi connectivity index (χ2v) is 5.59. The molecule has 0 amide bonds. The number of methoxy groups -OCH3 is 1. The molecule has 0 radical (unpaired) electrons. The van der Waals surface area contributed by atoms with Crippen LogP contribution in [0.15, 0.2) is 40.6 Å². The molecular weight excluding hydrogens is 289 g/mol. The number of rotatable bonds is 7. The van der Waals surface area contributed by atoms with Gasteiger partial charge in [0.15, 0.2) is 5.16 Å². The van der Waals surface area contributed by atoms with Crippen LogP contribution in [0.3, 0.4) is 0 Å². The Morgan fingerprint density at radius 2 is 2.05 bits per heavy atom. The predicted octanol–water partition coefficient (Wildman–Crippen LogP) is 2.81. The average Bonchev–Trinajstić information content (AvgIpc) is 2.48. The highest BCUT2D eigenvalue weighted by Crippen LogP contribution is 2.27. The van der Waals surface area contributed by atoms with E-state index in [4.69, 9.17) is 4.74 Å². The third kappa shape index (κ3) is 5.08. The summed E-state index contributed by atoms with van der Waals surface area (Å²) >= 11 is 1.23. The van der Waals surface area contributed by atoms with Gasteiger partial charge in [0.1, 0.15) is 5.82 Å².